The highest BCUT2D eigenvalue weighted by Gasteiger charge is 2.22. The van der Waals surface area contributed by atoms with Gasteiger partial charge >= 0.3 is 0 Å². The summed E-state index contributed by atoms with van der Waals surface area (Å²) in [5.74, 6) is 0. The van der Waals surface area contributed by atoms with Crippen molar-refractivity contribution in [3.8, 4) is 0 Å². The predicted octanol–water partition coefficient (Wildman–Crippen LogP) is 1.16. The first kappa shape index (κ1) is 10.6. The lowest BCUT2D eigenvalue weighted by atomic mass is 10.1. The van der Waals surface area contributed by atoms with Gasteiger partial charge in [-0.25, -0.2) is 4.98 Å². The summed E-state index contributed by atoms with van der Waals surface area (Å²) in [4.78, 5) is 9.89. The molecule has 1 aromatic heterocycles. The van der Waals surface area contributed by atoms with Crippen LogP contribution in [0.15, 0.2) is 12.5 Å². The summed E-state index contributed by atoms with van der Waals surface area (Å²) in [6, 6.07) is 0.456. The fourth-order valence-electron chi connectivity index (χ4n) is 2.31. The number of nitrogens with zero attached hydrogens (tertiary/aromatic N) is 2. The van der Waals surface area contributed by atoms with Gasteiger partial charge in [-0.2, -0.15) is 0 Å². The van der Waals surface area contributed by atoms with Crippen LogP contribution in [0.5, 0.6) is 0 Å². The van der Waals surface area contributed by atoms with E-state index in [0.717, 1.165) is 6.54 Å². The van der Waals surface area contributed by atoms with E-state index >= 15 is 0 Å². The molecule has 15 heavy (non-hydrogen) atoms. The smallest absolute Gasteiger partial charge is 0.0922 e. The minimum atomic E-state index is 0.456. The number of likely N-dealkylation sites (tertiary alicyclic amines) is 1. The molecule has 0 aromatic carbocycles. The molecule has 84 valence electrons. The zero-order chi connectivity index (χ0) is 10.5. The lowest BCUT2D eigenvalue weighted by Gasteiger charge is -2.33. The maximum Gasteiger partial charge on any atom is 0.0922 e. The van der Waals surface area contributed by atoms with E-state index in [1.807, 2.05) is 13.2 Å². The van der Waals surface area contributed by atoms with Gasteiger partial charge in [-0.1, -0.05) is 6.42 Å². The number of H-pyrrole nitrogens is 1. The molecule has 2 N–H and O–H groups in total. The number of rotatable bonds is 4. The molecular formula is C11H20N4. The Hall–Kier alpha value is -0.870. The second-order valence-corrected chi connectivity index (χ2v) is 4.18. The number of hydrogen-bond donors (Lipinski definition) is 2. The molecule has 4 heteroatoms. The Morgan fingerprint density at radius 2 is 2.27 bits per heavy atom. The first-order valence-corrected chi connectivity index (χ1v) is 5.78. The van der Waals surface area contributed by atoms with Gasteiger partial charge in [-0.3, -0.25) is 4.90 Å². The Morgan fingerprint density at radius 1 is 1.47 bits per heavy atom. The molecule has 0 amide bonds. The number of aromatic amines is 1. The van der Waals surface area contributed by atoms with Crippen molar-refractivity contribution >= 4 is 0 Å². The number of nitrogens with one attached hydrogen (secondary N) is 2. The first-order valence-electron chi connectivity index (χ1n) is 5.78. The molecule has 0 bridgehead atoms. The first-order chi connectivity index (χ1) is 7.42. The third kappa shape index (κ3) is 2.58. The van der Waals surface area contributed by atoms with Crippen molar-refractivity contribution in [1.29, 1.82) is 0 Å². The topological polar surface area (TPSA) is 44.0 Å². The van der Waals surface area contributed by atoms with E-state index in [9.17, 15) is 0 Å². The zero-order valence-electron chi connectivity index (χ0n) is 9.37. The largest absolute Gasteiger partial charge is 0.347 e. The Labute approximate surface area is 91.1 Å². The van der Waals surface area contributed by atoms with Crippen molar-refractivity contribution < 1.29 is 0 Å². The van der Waals surface area contributed by atoms with Crippen LogP contribution in [0.4, 0.5) is 0 Å². The van der Waals surface area contributed by atoms with E-state index in [2.05, 4.69) is 20.2 Å². The molecule has 0 spiro atoms. The van der Waals surface area contributed by atoms with E-state index in [1.54, 1.807) is 6.33 Å². The monoisotopic (exact) mass is 208 g/mol. The number of aromatic nitrogens is 2. The quantitative estimate of drug-likeness (QED) is 0.780. The minimum absolute atomic E-state index is 0.456. The fourth-order valence-corrected chi connectivity index (χ4v) is 2.31. The molecule has 1 atom stereocenters. The highest BCUT2D eigenvalue weighted by Crippen LogP contribution is 2.22. The molecule has 1 unspecified atom stereocenters. The fraction of sp³-hybridized carbons (Fsp3) is 0.727. The van der Waals surface area contributed by atoms with Crippen LogP contribution >= 0.6 is 0 Å². The van der Waals surface area contributed by atoms with Crippen molar-refractivity contribution in [3.05, 3.63) is 18.2 Å². The molecule has 1 saturated heterocycles. The molecular weight excluding hydrogens is 188 g/mol. The van der Waals surface area contributed by atoms with E-state index in [0.29, 0.717) is 6.04 Å². The van der Waals surface area contributed by atoms with Crippen LogP contribution in [0.1, 0.15) is 31.0 Å². The molecule has 1 aromatic rings. The van der Waals surface area contributed by atoms with Gasteiger partial charge in [0.25, 0.3) is 0 Å². The lowest BCUT2D eigenvalue weighted by molar-refractivity contribution is 0.159. The van der Waals surface area contributed by atoms with Crippen LogP contribution in [0.2, 0.25) is 0 Å². The van der Waals surface area contributed by atoms with Crippen LogP contribution < -0.4 is 5.32 Å². The van der Waals surface area contributed by atoms with Gasteiger partial charge in [0.1, 0.15) is 0 Å². The Balaban J connectivity index is 2.04. The van der Waals surface area contributed by atoms with E-state index in [4.69, 9.17) is 0 Å². The number of piperidine rings is 1. The Kier molecular flexibility index (Phi) is 3.75. The maximum absolute atomic E-state index is 4.11. The lowest BCUT2D eigenvalue weighted by Crippen LogP contribution is -2.38. The highest BCUT2D eigenvalue weighted by atomic mass is 15.2. The van der Waals surface area contributed by atoms with E-state index in [1.165, 1.54) is 38.0 Å². The summed E-state index contributed by atoms with van der Waals surface area (Å²) in [6.07, 6.45) is 7.74. The van der Waals surface area contributed by atoms with Crippen molar-refractivity contribution in [2.24, 2.45) is 0 Å². The van der Waals surface area contributed by atoms with Crippen LogP contribution in [0.3, 0.4) is 0 Å². The number of imidazole rings is 1. The van der Waals surface area contributed by atoms with Gasteiger partial charge in [0.05, 0.1) is 18.1 Å². The van der Waals surface area contributed by atoms with E-state index < -0.39 is 0 Å². The molecule has 1 aliphatic rings. The van der Waals surface area contributed by atoms with Crippen LogP contribution in [-0.2, 0) is 0 Å². The molecule has 1 aliphatic heterocycles. The molecule has 0 saturated carbocycles. The summed E-state index contributed by atoms with van der Waals surface area (Å²) in [5.41, 5.74) is 1.23. The molecule has 2 heterocycles. The van der Waals surface area contributed by atoms with Crippen LogP contribution in [0.25, 0.3) is 0 Å². The SMILES string of the molecule is CNCC(c1cnc[nH]1)N1CCCCC1. The van der Waals surface area contributed by atoms with Crippen LogP contribution in [-0.4, -0.2) is 41.5 Å². The molecule has 0 radical (unpaired) electrons. The van der Waals surface area contributed by atoms with Crippen molar-refractivity contribution in [2.45, 2.75) is 25.3 Å². The van der Waals surface area contributed by atoms with Crippen LogP contribution in [0, 0.1) is 0 Å². The second-order valence-electron chi connectivity index (χ2n) is 4.18. The molecule has 1 fully saturated rings. The van der Waals surface area contributed by atoms with E-state index in [-0.39, 0.29) is 0 Å². The summed E-state index contributed by atoms with van der Waals surface area (Å²) in [6.45, 7) is 3.42. The summed E-state index contributed by atoms with van der Waals surface area (Å²) in [7, 11) is 2.01. The summed E-state index contributed by atoms with van der Waals surface area (Å²) in [5, 5.41) is 3.26. The normalized spacial score (nSPS) is 20.3. The Bertz CT molecular complexity index is 264. The zero-order valence-corrected chi connectivity index (χ0v) is 9.37. The summed E-state index contributed by atoms with van der Waals surface area (Å²) >= 11 is 0. The van der Waals surface area contributed by atoms with Crippen molar-refractivity contribution in [1.82, 2.24) is 20.2 Å². The standard InChI is InChI=1S/C11H20N4/c1-12-8-11(10-7-13-9-14-10)15-5-3-2-4-6-15/h7,9,11-12H,2-6,8H2,1H3,(H,13,14). The third-order valence-corrected chi connectivity index (χ3v) is 3.11. The molecule has 4 nitrogen and oxygen atoms in total. The maximum atomic E-state index is 4.11. The molecule has 2 rings (SSSR count). The van der Waals surface area contributed by atoms with Gasteiger partial charge in [0, 0.05) is 12.7 Å². The predicted molar refractivity (Wildman–Crippen MR) is 60.7 cm³/mol. The van der Waals surface area contributed by atoms with Gasteiger partial charge in [0.2, 0.25) is 0 Å². The van der Waals surface area contributed by atoms with Gasteiger partial charge in [-0.05, 0) is 33.0 Å². The average Bonchev–Trinajstić information content (AvgIpc) is 2.80. The minimum Gasteiger partial charge on any atom is -0.347 e. The Morgan fingerprint density at radius 3 is 2.87 bits per heavy atom. The van der Waals surface area contributed by atoms with Crippen molar-refractivity contribution in [2.75, 3.05) is 26.7 Å². The van der Waals surface area contributed by atoms with Gasteiger partial charge in [0.15, 0.2) is 0 Å². The third-order valence-electron chi connectivity index (χ3n) is 3.11. The van der Waals surface area contributed by atoms with Gasteiger partial charge < -0.3 is 10.3 Å². The number of likely N-dealkylation sites (N-methyl/N-ethyl adjacent to an activating group) is 1. The average molecular weight is 208 g/mol. The highest BCUT2D eigenvalue weighted by molar-refractivity contribution is 5.04. The number of hydrogen-bond acceptors (Lipinski definition) is 3. The second kappa shape index (κ2) is 5.28. The van der Waals surface area contributed by atoms with Gasteiger partial charge in [-0.15, -0.1) is 0 Å². The molecule has 0 aliphatic carbocycles. The summed E-state index contributed by atoms with van der Waals surface area (Å²) < 4.78 is 0. The van der Waals surface area contributed by atoms with Crippen molar-refractivity contribution in [3.63, 3.8) is 0 Å².